The van der Waals surface area contributed by atoms with E-state index in [0.29, 0.717) is 0 Å². The lowest BCUT2D eigenvalue weighted by Crippen LogP contribution is -2.40. The molecule has 0 aliphatic heterocycles. The topological polar surface area (TPSA) is 133 Å². The first-order valence-electron chi connectivity index (χ1n) is 7.25. The Morgan fingerprint density at radius 3 is 1.76 bits per heavy atom. The molecule has 0 fully saturated rings. The second-order valence-electron chi connectivity index (χ2n) is 5.20. The van der Waals surface area contributed by atoms with Gasteiger partial charge in [0.15, 0.2) is 0 Å². The molecule has 0 rings (SSSR count). The maximum Gasteiger partial charge on any atom is 0.330 e. The maximum absolute atomic E-state index is 12.2. The Balaban J connectivity index is 4.98. The molecule has 0 aromatic rings. The summed E-state index contributed by atoms with van der Waals surface area (Å²) in [5, 5.41) is 0. The van der Waals surface area contributed by atoms with Crippen LogP contribution in [0.2, 0.25) is 0 Å². The van der Waals surface area contributed by atoms with Gasteiger partial charge in [-0.3, -0.25) is 9.35 Å². The Hall–Kier alpha value is -2.20. The van der Waals surface area contributed by atoms with E-state index in [2.05, 4.69) is 0 Å². The summed E-state index contributed by atoms with van der Waals surface area (Å²) < 4.78 is 44.5. The van der Waals surface area contributed by atoms with Gasteiger partial charge >= 0.3 is 17.9 Å². The fourth-order valence-electron chi connectivity index (χ4n) is 1.40. The highest BCUT2D eigenvalue weighted by Gasteiger charge is 2.38. The smallest absolute Gasteiger partial charge is 0.330 e. The van der Waals surface area contributed by atoms with Crippen molar-refractivity contribution in [3.63, 3.8) is 0 Å². The van der Waals surface area contributed by atoms with Gasteiger partial charge in [-0.25, -0.2) is 9.59 Å². The van der Waals surface area contributed by atoms with Crippen LogP contribution in [0.15, 0.2) is 24.3 Å². The van der Waals surface area contributed by atoms with Gasteiger partial charge in [-0.1, -0.05) is 12.2 Å². The van der Waals surface area contributed by atoms with Crippen molar-refractivity contribution in [3.05, 3.63) is 24.3 Å². The van der Waals surface area contributed by atoms with Crippen LogP contribution in [-0.4, -0.2) is 56.5 Å². The van der Waals surface area contributed by atoms with Crippen LogP contribution in [0.5, 0.6) is 0 Å². The summed E-state index contributed by atoms with van der Waals surface area (Å²) in [7, 11) is -4.30. The van der Waals surface area contributed by atoms with Crippen molar-refractivity contribution in [2.75, 3.05) is 25.6 Å². The largest absolute Gasteiger partial charge is 0.464 e. The van der Waals surface area contributed by atoms with Gasteiger partial charge in [0.1, 0.15) is 31.0 Å². The molecule has 9 nitrogen and oxygen atoms in total. The van der Waals surface area contributed by atoms with Crippen LogP contribution in [0.1, 0.15) is 20.8 Å². The second kappa shape index (κ2) is 10.6. The molecule has 0 aromatic heterocycles. The summed E-state index contributed by atoms with van der Waals surface area (Å²) in [6.07, 6.45) is 5.15. The van der Waals surface area contributed by atoms with E-state index in [1.807, 2.05) is 0 Å². The van der Waals surface area contributed by atoms with Gasteiger partial charge in [0, 0.05) is 12.2 Å². The van der Waals surface area contributed by atoms with Gasteiger partial charge in [0.2, 0.25) is 0 Å². The average molecular weight is 378 g/mol. The van der Waals surface area contributed by atoms with Crippen LogP contribution in [-0.2, 0) is 38.7 Å². The van der Waals surface area contributed by atoms with Crippen molar-refractivity contribution in [2.24, 2.45) is 5.41 Å². The summed E-state index contributed by atoms with van der Waals surface area (Å²) >= 11 is 0. The molecule has 0 spiro atoms. The normalized spacial score (nSPS) is 14.2. The number of allylic oxidation sites excluding steroid dienone is 2. The second-order valence-corrected chi connectivity index (χ2v) is 6.77. The standard InChI is InChI=1S/C15H22O9S/c1-4-6-12(16)23-10-15(3,11-24-13(17)7-5-2)14(18)22-8-9-25(19,20)21/h4-7H,8-11H2,1-3H3,(H,19,20,21). The van der Waals surface area contributed by atoms with Gasteiger partial charge in [-0.2, -0.15) is 8.42 Å². The zero-order valence-electron chi connectivity index (χ0n) is 14.3. The van der Waals surface area contributed by atoms with Crippen LogP contribution in [0.3, 0.4) is 0 Å². The Bertz CT molecular complexity index is 603. The molecule has 0 aliphatic carbocycles. The number of hydrogen-bond donors (Lipinski definition) is 1. The molecule has 0 saturated carbocycles. The van der Waals surface area contributed by atoms with Gasteiger partial charge in [-0.05, 0) is 20.8 Å². The van der Waals surface area contributed by atoms with Crippen LogP contribution >= 0.6 is 0 Å². The number of hydrogen-bond acceptors (Lipinski definition) is 8. The minimum Gasteiger partial charge on any atom is -0.464 e. The van der Waals surface area contributed by atoms with Gasteiger partial charge in [-0.15, -0.1) is 0 Å². The van der Waals surface area contributed by atoms with Crippen molar-refractivity contribution in [1.29, 1.82) is 0 Å². The van der Waals surface area contributed by atoms with Gasteiger partial charge in [0.05, 0.1) is 0 Å². The highest BCUT2D eigenvalue weighted by Crippen LogP contribution is 2.20. The van der Waals surface area contributed by atoms with Crippen LogP contribution < -0.4 is 0 Å². The van der Waals surface area contributed by atoms with E-state index in [0.717, 1.165) is 12.2 Å². The van der Waals surface area contributed by atoms with Crippen LogP contribution in [0, 0.1) is 5.41 Å². The van der Waals surface area contributed by atoms with Crippen molar-refractivity contribution in [2.45, 2.75) is 20.8 Å². The molecule has 0 saturated heterocycles. The lowest BCUT2D eigenvalue weighted by Gasteiger charge is -2.25. The van der Waals surface area contributed by atoms with Crippen molar-refractivity contribution < 1.29 is 41.6 Å². The third kappa shape index (κ3) is 10.3. The molecule has 10 heteroatoms. The molecule has 0 amide bonds. The molecule has 0 unspecified atom stereocenters. The molecule has 0 heterocycles. The highest BCUT2D eigenvalue weighted by atomic mass is 32.2. The van der Waals surface area contributed by atoms with Crippen molar-refractivity contribution in [3.8, 4) is 0 Å². The molecule has 142 valence electrons. The van der Waals surface area contributed by atoms with E-state index >= 15 is 0 Å². The first-order valence-corrected chi connectivity index (χ1v) is 8.86. The Morgan fingerprint density at radius 1 is 0.960 bits per heavy atom. The quantitative estimate of drug-likeness (QED) is 0.252. The molecule has 0 aliphatic rings. The lowest BCUT2D eigenvalue weighted by molar-refractivity contribution is -0.167. The van der Waals surface area contributed by atoms with Gasteiger partial charge in [0.25, 0.3) is 10.1 Å². The molecule has 0 atom stereocenters. The molecule has 0 aromatic carbocycles. The minimum absolute atomic E-state index is 0.454. The van der Waals surface area contributed by atoms with E-state index in [-0.39, 0.29) is 0 Å². The number of ether oxygens (including phenoxy) is 3. The number of carbonyl (C=O) groups excluding carboxylic acids is 3. The molecule has 0 radical (unpaired) electrons. The number of rotatable bonds is 10. The van der Waals surface area contributed by atoms with E-state index < -0.39 is 59.0 Å². The first kappa shape index (κ1) is 22.8. The van der Waals surface area contributed by atoms with Crippen molar-refractivity contribution in [1.82, 2.24) is 0 Å². The SMILES string of the molecule is CC=CC(=O)OCC(C)(COC(=O)C=CC)C(=O)OCCS(=O)(=O)O. The molecule has 0 bridgehead atoms. The molecule has 25 heavy (non-hydrogen) atoms. The van der Waals surface area contributed by atoms with Crippen LogP contribution in [0.25, 0.3) is 0 Å². The lowest BCUT2D eigenvalue weighted by atomic mass is 9.93. The summed E-state index contributed by atoms with van der Waals surface area (Å²) in [4.78, 5) is 35.0. The maximum atomic E-state index is 12.2. The minimum atomic E-state index is -4.30. The monoisotopic (exact) mass is 378 g/mol. The number of carbonyl (C=O) groups is 3. The fraction of sp³-hybridized carbons (Fsp3) is 0.533. The van der Waals surface area contributed by atoms with Gasteiger partial charge < -0.3 is 14.2 Å². The molecular formula is C15H22O9S. The first-order chi connectivity index (χ1) is 11.5. The zero-order valence-corrected chi connectivity index (χ0v) is 15.1. The summed E-state index contributed by atoms with van der Waals surface area (Å²) in [5.74, 6) is -3.15. The Labute approximate surface area is 146 Å². The van der Waals surface area contributed by atoms with Crippen molar-refractivity contribution >= 4 is 28.0 Å². The summed E-state index contributed by atoms with van der Waals surface area (Å²) in [5.41, 5.74) is -1.55. The predicted molar refractivity (Wildman–Crippen MR) is 87.0 cm³/mol. The average Bonchev–Trinajstić information content (AvgIpc) is 2.50. The third-order valence-corrected chi connectivity index (χ3v) is 3.42. The fourth-order valence-corrected chi connectivity index (χ4v) is 1.70. The molecular weight excluding hydrogens is 356 g/mol. The van der Waals surface area contributed by atoms with E-state index in [9.17, 15) is 22.8 Å². The van der Waals surface area contributed by atoms with E-state index in [1.165, 1.54) is 19.1 Å². The van der Waals surface area contributed by atoms with E-state index in [1.54, 1.807) is 13.8 Å². The highest BCUT2D eigenvalue weighted by molar-refractivity contribution is 7.85. The van der Waals surface area contributed by atoms with E-state index in [4.69, 9.17) is 18.8 Å². The predicted octanol–water partition coefficient (Wildman–Crippen LogP) is 0.662. The zero-order chi connectivity index (χ0) is 19.5. The number of esters is 3. The third-order valence-electron chi connectivity index (χ3n) is 2.74. The Morgan fingerprint density at radius 2 is 1.40 bits per heavy atom. The summed E-state index contributed by atoms with van der Waals surface area (Å²) in [6.45, 7) is 3.02. The van der Waals surface area contributed by atoms with Crippen LogP contribution in [0.4, 0.5) is 0 Å². The molecule has 1 N–H and O–H groups in total. The summed E-state index contributed by atoms with van der Waals surface area (Å²) in [6, 6.07) is 0. The Kier molecular flexibility index (Phi) is 9.69.